The third-order valence-electron chi connectivity index (χ3n) is 3.22. The summed E-state index contributed by atoms with van der Waals surface area (Å²) in [6.07, 6.45) is 1.18. The molecule has 3 N–H and O–H groups in total. The van der Waals surface area contributed by atoms with Crippen molar-refractivity contribution >= 4 is 28.2 Å². The fourth-order valence-electron chi connectivity index (χ4n) is 2.56. The lowest BCUT2D eigenvalue weighted by Gasteiger charge is -2.34. The number of aromatic nitrogens is 1. The third kappa shape index (κ3) is 2.58. The average molecular weight is 268 g/mol. The second kappa shape index (κ2) is 5.14. The van der Waals surface area contributed by atoms with Crippen LogP contribution < -0.4 is 11.1 Å². The molecule has 1 aromatic rings. The molecule has 2 rings (SSSR count). The molecule has 2 atom stereocenters. The maximum Gasteiger partial charge on any atom is 0.267 e. The zero-order valence-corrected chi connectivity index (χ0v) is 11.9. The number of anilines is 2. The molecule has 0 bridgehead atoms. The molecule has 0 aromatic carbocycles. The van der Waals surface area contributed by atoms with Gasteiger partial charge in [-0.05, 0) is 18.3 Å². The van der Waals surface area contributed by atoms with Gasteiger partial charge in [-0.2, -0.15) is 0 Å². The Labute approximate surface area is 111 Å². The van der Waals surface area contributed by atoms with Gasteiger partial charge in [0.05, 0.1) is 0 Å². The van der Waals surface area contributed by atoms with Crippen molar-refractivity contribution in [2.24, 2.45) is 11.8 Å². The number of hydrogen-bond donors (Lipinski definition) is 2. The van der Waals surface area contributed by atoms with E-state index in [1.165, 1.54) is 17.8 Å². The molecule has 0 radical (unpaired) electrons. The molecule has 1 amide bonds. The first-order chi connectivity index (χ1) is 8.51. The summed E-state index contributed by atoms with van der Waals surface area (Å²) in [5.41, 5.74) is 5.81. The van der Waals surface area contributed by atoms with Crippen LogP contribution >= 0.6 is 11.3 Å². The molecule has 2 unspecified atom stereocenters. The number of nitrogens with one attached hydrogen (secondary N) is 1. The van der Waals surface area contributed by atoms with Gasteiger partial charge in [-0.15, -0.1) is 0 Å². The Bertz CT molecular complexity index is 435. The fraction of sp³-hybridized carbons (Fsp3) is 0.667. The number of likely N-dealkylation sites (tertiary alicyclic amines) is 1. The number of nitrogens with zero attached hydrogens (tertiary/aromatic N) is 2. The number of carbonyl (C=O) groups excluding carboxylic acids is 1. The summed E-state index contributed by atoms with van der Waals surface area (Å²) >= 11 is 1.33. The minimum absolute atomic E-state index is 0.0184. The van der Waals surface area contributed by atoms with E-state index < -0.39 is 0 Å². The molecule has 2 heterocycles. The van der Waals surface area contributed by atoms with Gasteiger partial charge in [0.2, 0.25) is 0 Å². The normalized spacial score (nSPS) is 24.1. The first kappa shape index (κ1) is 13.1. The van der Waals surface area contributed by atoms with Gasteiger partial charge in [0.15, 0.2) is 5.13 Å². The number of hydrogen-bond acceptors (Lipinski definition) is 5. The number of amides is 1. The van der Waals surface area contributed by atoms with E-state index >= 15 is 0 Å². The van der Waals surface area contributed by atoms with E-state index in [1.54, 1.807) is 7.05 Å². The quantitative estimate of drug-likeness (QED) is 0.859. The lowest BCUT2D eigenvalue weighted by Crippen LogP contribution is -2.42. The molecule has 1 aliphatic rings. The van der Waals surface area contributed by atoms with Gasteiger partial charge in [0.25, 0.3) is 5.91 Å². The monoisotopic (exact) mass is 268 g/mol. The Morgan fingerprint density at radius 3 is 2.56 bits per heavy atom. The molecule has 1 aliphatic heterocycles. The zero-order valence-electron chi connectivity index (χ0n) is 11.1. The second-order valence-corrected chi connectivity index (χ2v) is 6.14. The average Bonchev–Trinajstić information content (AvgIpc) is 2.68. The van der Waals surface area contributed by atoms with Gasteiger partial charge in [0.1, 0.15) is 10.7 Å². The van der Waals surface area contributed by atoms with Gasteiger partial charge in [0, 0.05) is 20.1 Å². The highest BCUT2D eigenvalue weighted by Crippen LogP contribution is 2.28. The summed E-state index contributed by atoms with van der Waals surface area (Å²) in [5.74, 6) is 1.45. The Kier molecular flexibility index (Phi) is 3.75. The third-order valence-corrected chi connectivity index (χ3v) is 4.29. The summed E-state index contributed by atoms with van der Waals surface area (Å²) in [7, 11) is 1.78. The molecule has 1 aromatic heterocycles. The van der Waals surface area contributed by atoms with Crippen molar-refractivity contribution < 1.29 is 4.79 Å². The smallest absolute Gasteiger partial charge is 0.267 e. The second-order valence-electron chi connectivity index (χ2n) is 5.14. The van der Waals surface area contributed by atoms with Crippen LogP contribution in [0.4, 0.5) is 10.9 Å². The van der Waals surface area contributed by atoms with Crippen LogP contribution in [0.25, 0.3) is 0 Å². The molecule has 100 valence electrons. The van der Waals surface area contributed by atoms with E-state index in [0.29, 0.717) is 27.7 Å². The first-order valence-electron chi connectivity index (χ1n) is 6.24. The number of nitrogen functional groups attached to an aromatic ring is 1. The molecule has 0 aliphatic carbocycles. The maximum absolute atomic E-state index is 12.4. The van der Waals surface area contributed by atoms with Crippen molar-refractivity contribution in [1.82, 2.24) is 9.88 Å². The van der Waals surface area contributed by atoms with Crippen LogP contribution in [0.3, 0.4) is 0 Å². The lowest BCUT2D eigenvalue weighted by atomic mass is 9.92. The Hall–Kier alpha value is -1.30. The molecular formula is C12H20N4OS. The Morgan fingerprint density at radius 2 is 2.06 bits per heavy atom. The van der Waals surface area contributed by atoms with Crippen LogP contribution in [0.5, 0.6) is 0 Å². The van der Waals surface area contributed by atoms with Crippen molar-refractivity contribution in [3.8, 4) is 0 Å². The largest absolute Gasteiger partial charge is 0.382 e. The molecule has 18 heavy (non-hydrogen) atoms. The van der Waals surface area contributed by atoms with Crippen LogP contribution in [-0.2, 0) is 0 Å². The van der Waals surface area contributed by atoms with E-state index in [9.17, 15) is 4.79 Å². The van der Waals surface area contributed by atoms with Crippen LogP contribution in [0, 0.1) is 11.8 Å². The van der Waals surface area contributed by atoms with Gasteiger partial charge < -0.3 is 16.0 Å². The molecule has 1 saturated heterocycles. The van der Waals surface area contributed by atoms with Crippen molar-refractivity contribution in [1.29, 1.82) is 0 Å². The van der Waals surface area contributed by atoms with Crippen molar-refractivity contribution in [2.45, 2.75) is 20.3 Å². The molecule has 5 nitrogen and oxygen atoms in total. The van der Waals surface area contributed by atoms with Gasteiger partial charge in [-0.1, -0.05) is 25.2 Å². The van der Waals surface area contributed by atoms with Crippen molar-refractivity contribution in [3.63, 3.8) is 0 Å². The molecule has 6 heteroatoms. The minimum Gasteiger partial charge on any atom is -0.382 e. The van der Waals surface area contributed by atoms with Gasteiger partial charge >= 0.3 is 0 Å². The van der Waals surface area contributed by atoms with Gasteiger partial charge in [-0.3, -0.25) is 4.79 Å². The predicted octanol–water partition coefficient (Wildman–Crippen LogP) is 1.89. The fourth-order valence-corrected chi connectivity index (χ4v) is 3.37. The van der Waals surface area contributed by atoms with E-state index in [0.717, 1.165) is 13.1 Å². The number of thiazole rings is 1. The summed E-state index contributed by atoms with van der Waals surface area (Å²) < 4.78 is 0. The molecule has 0 spiro atoms. The summed E-state index contributed by atoms with van der Waals surface area (Å²) in [6, 6.07) is 0. The maximum atomic E-state index is 12.4. The first-order valence-corrected chi connectivity index (χ1v) is 7.06. The molecule has 0 saturated carbocycles. The van der Waals surface area contributed by atoms with Crippen molar-refractivity contribution in [2.75, 3.05) is 31.2 Å². The molecular weight excluding hydrogens is 248 g/mol. The highest BCUT2D eigenvalue weighted by Gasteiger charge is 2.28. The molecule has 1 fully saturated rings. The number of piperidine rings is 1. The standard InChI is InChI=1S/C12H20N4OS/c1-7-4-8(2)6-16(5-7)11(17)9-10(13)15-12(14-3)18-9/h7-8H,4-6,13H2,1-3H3,(H,14,15). The number of nitrogens with two attached hydrogens (primary N) is 1. The SMILES string of the molecule is CNc1nc(N)c(C(=O)N2CC(C)CC(C)C2)s1. The number of rotatable bonds is 2. The van der Waals surface area contributed by atoms with Gasteiger partial charge in [-0.25, -0.2) is 4.98 Å². The van der Waals surface area contributed by atoms with Crippen LogP contribution in [-0.4, -0.2) is 35.9 Å². The van der Waals surface area contributed by atoms with Crippen LogP contribution in [0.2, 0.25) is 0 Å². The van der Waals surface area contributed by atoms with E-state index in [2.05, 4.69) is 24.1 Å². The van der Waals surface area contributed by atoms with Crippen LogP contribution in [0.15, 0.2) is 0 Å². The summed E-state index contributed by atoms with van der Waals surface area (Å²) in [4.78, 5) is 19.0. The summed E-state index contributed by atoms with van der Waals surface area (Å²) in [6.45, 7) is 6.00. The topological polar surface area (TPSA) is 71.2 Å². The minimum atomic E-state index is 0.0184. The predicted molar refractivity (Wildman–Crippen MR) is 74.9 cm³/mol. The summed E-state index contributed by atoms with van der Waals surface area (Å²) in [5, 5.41) is 3.61. The van der Waals surface area contributed by atoms with E-state index in [4.69, 9.17) is 5.73 Å². The van der Waals surface area contributed by atoms with E-state index in [1.807, 2.05) is 4.90 Å². The highest BCUT2D eigenvalue weighted by molar-refractivity contribution is 7.18. The van der Waals surface area contributed by atoms with E-state index in [-0.39, 0.29) is 5.91 Å². The highest BCUT2D eigenvalue weighted by atomic mass is 32.1. The number of carbonyl (C=O) groups is 1. The Balaban J connectivity index is 2.17. The lowest BCUT2D eigenvalue weighted by molar-refractivity contribution is 0.0629. The Morgan fingerprint density at radius 1 is 1.44 bits per heavy atom. The zero-order chi connectivity index (χ0) is 13.3. The van der Waals surface area contributed by atoms with Crippen LogP contribution in [0.1, 0.15) is 29.9 Å². The van der Waals surface area contributed by atoms with Crippen molar-refractivity contribution in [3.05, 3.63) is 4.88 Å².